The highest BCUT2D eigenvalue weighted by atomic mass is 32.2. The van der Waals surface area contributed by atoms with E-state index in [-0.39, 0.29) is 13.0 Å². The molecule has 2 atom stereocenters. The smallest absolute Gasteiger partial charge is 0.389 e. The summed E-state index contributed by atoms with van der Waals surface area (Å²) in [5, 5.41) is 8.97. The molecule has 1 heterocycles. The average molecular weight is 319 g/mol. The minimum absolute atomic E-state index is 0.00959. The van der Waals surface area contributed by atoms with Crippen molar-refractivity contribution in [2.24, 2.45) is 0 Å². The van der Waals surface area contributed by atoms with E-state index in [9.17, 15) is 26.4 Å². The van der Waals surface area contributed by atoms with Crippen LogP contribution in [0.4, 0.5) is 13.2 Å². The van der Waals surface area contributed by atoms with Crippen molar-refractivity contribution in [1.29, 1.82) is 0 Å². The van der Waals surface area contributed by atoms with Crippen LogP contribution in [-0.4, -0.2) is 61.5 Å². The summed E-state index contributed by atoms with van der Waals surface area (Å²) in [5.41, 5.74) is 0. The lowest BCUT2D eigenvalue weighted by atomic mass is 10.2. The summed E-state index contributed by atoms with van der Waals surface area (Å²) >= 11 is 0. The molecule has 0 amide bonds. The summed E-state index contributed by atoms with van der Waals surface area (Å²) in [6.45, 7) is -0.151. The summed E-state index contributed by atoms with van der Waals surface area (Å²) in [7, 11) is -2.72. The van der Waals surface area contributed by atoms with E-state index in [0.717, 1.165) is 4.31 Å². The summed E-state index contributed by atoms with van der Waals surface area (Å²) in [6.07, 6.45) is -6.81. The number of hydrogen-bond donors (Lipinski definition) is 1. The molecule has 1 aliphatic heterocycles. The molecule has 2 unspecified atom stereocenters. The van der Waals surface area contributed by atoms with Crippen molar-refractivity contribution in [2.45, 2.75) is 37.6 Å². The molecule has 0 saturated carbocycles. The van der Waals surface area contributed by atoms with Gasteiger partial charge in [0.2, 0.25) is 10.0 Å². The van der Waals surface area contributed by atoms with E-state index < -0.39 is 52.9 Å². The molecule has 0 bridgehead atoms. The molecule has 1 saturated heterocycles. The summed E-state index contributed by atoms with van der Waals surface area (Å²) < 4.78 is 65.5. The third-order valence-electron chi connectivity index (χ3n) is 3.06. The molecule has 1 rings (SSSR count). The Morgan fingerprint density at radius 2 is 2.05 bits per heavy atom. The Morgan fingerprint density at radius 1 is 1.45 bits per heavy atom. The van der Waals surface area contributed by atoms with Crippen LogP contribution in [0.15, 0.2) is 0 Å². The maximum absolute atomic E-state index is 12.0. The van der Waals surface area contributed by atoms with E-state index in [1.807, 2.05) is 0 Å². The molecule has 0 aromatic rings. The zero-order chi connectivity index (χ0) is 15.6. The summed E-state index contributed by atoms with van der Waals surface area (Å²) in [4.78, 5) is 11.0. The van der Waals surface area contributed by atoms with Crippen molar-refractivity contribution in [3.63, 3.8) is 0 Å². The minimum atomic E-state index is -4.43. The van der Waals surface area contributed by atoms with Crippen molar-refractivity contribution >= 4 is 16.0 Å². The normalized spacial score (nSPS) is 25.0. The van der Waals surface area contributed by atoms with Gasteiger partial charge < -0.3 is 9.84 Å². The first-order valence-corrected chi connectivity index (χ1v) is 7.49. The van der Waals surface area contributed by atoms with Crippen LogP contribution in [0.5, 0.6) is 0 Å². The van der Waals surface area contributed by atoms with Gasteiger partial charge in [-0.1, -0.05) is 0 Å². The molecule has 1 fully saturated rings. The number of methoxy groups -OCH3 is 1. The Kier molecular flexibility index (Phi) is 5.39. The fourth-order valence-electron chi connectivity index (χ4n) is 2.04. The monoisotopic (exact) mass is 319 g/mol. The third kappa shape index (κ3) is 4.60. The van der Waals surface area contributed by atoms with Gasteiger partial charge in [-0.25, -0.2) is 8.42 Å². The van der Waals surface area contributed by atoms with Gasteiger partial charge >= 0.3 is 12.1 Å². The average Bonchev–Trinajstić information content (AvgIpc) is 2.71. The molecule has 20 heavy (non-hydrogen) atoms. The topological polar surface area (TPSA) is 83.9 Å². The maximum Gasteiger partial charge on any atom is 0.389 e. The number of alkyl halides is 3. The first-order chi connectivity index (χ1) is 9.07. The van der Waals surface area contributed by atoms with Crippen molar-refractivity contribution in [2.75, 3.05) is 19.4 Å². The van der Waals surface area contributed by atoms with Crippen molar-refractivity contribution in [3.05, 3.63) is 0 Å². The van der Waals surface area contributed by atoms with Crippen LogP contribution in [0, 0.1) is 0 Å². The van der Waals surface area contributed by atoms with Gasteiger partial charge in [0.05, 0.1) is 11.9 Å². The Hall–Kier alpha value is -0.870. The number of carbonyl (C=O) groups is 1. The zero-order valence-electron chi connectivity index (χ0n) is 10.8. The highest BCUT2D eigenvalue weighted by Gasteiger charge is 2.43. The van der Waals surface area contributed by atoms with Gasteiger partial charge in [-0.2, -0.15) is 17.5 Å². The van der Waals surface area contributed by atoms with Gasteiger partial charge in [0.25, 0.3) is 0 Å². The fraction of sp³-hybridized carbons (Fsp3) is 0.900. The highest BCUT2D eigenvalue weighted by Crippen LogP contribution is 2.26. The van der Waals surface area contributed by atoms with E-state index >= 15 is 0 Å². The lowest BCUT2D eigenvalue weighted by Gasteiger charge is -2.20. The molecular formula is C10H16F3NO5S. The lowest BCUT2D eigenvalue weighted by Crippen LogP contribution is -2.41. The molecular weight excluding hydrogens is 303 g/mol. The first-order valence-electron chi connectivity index (χ1n) is 5.88. The Bertz CT molecular complexity index is 450. The van der Waals surface area contributed by atoms with E-state index in [2.05, 4.69) is 0 Å². The Balaban J connectivity index is 2.72. The van der Waals surface area contributed by atoms with Gasteiger partial charge in [-0.15, -0.1) is 0 Å². The van der Waals surface area contributed by atoms with Crippen LogP contribution in [0.2, 0.25) is 0 Å². The second kappa shape index (κ2) is 6.27. The molecule has 118 valence electrons. The minimum Gasteiger partial charge on any atom is -0.480 e. The Morgan fingerprint density at radius 3 is 2.50 bits per heavy atom. The molecule has 0 aromatic carbocycles. The molecule has 0 spiro atoms. The van der Waals surface area contributed by atoms with E-state index in [0.29, 0.717) is 0 Å². The molecule has 6 nitrogen and oxygen atoms in total. The Labute approximate surface area is 114 Å². The van der Waals surface area contributed by atoms with E-state index in [1.54, 1.807) is 0 Å². The first kappa shape index (κ1) is 17.2. The van der Waals surface area contributed by atoms with E-state index in [4.69, 9.17) is 9.84 Å². The molecule has 1 N–H and O–H groups in total. The third-order valence-corrected chi connectivity index (χ3v) is 4.98. The van der Waals surface area contributed by atoms with Crippen molar-refractivity contribution in [3.8, 4) is 0 Å². The number of ether oxygens (including phenoxy) is 1. The predicted molar refractivity (Wildman–Crippen MR) is 62.6 cm³/mol. The number of rotatable bonds is 6. The molecule has 0 radical (unpaired) electrons. The number of halogens is 3. The molecule has 0 aliphatic carbocycles. The van der Waals surface area contributed by atoms with Gasteiger partial charge in [0, 0.05) is 26.5 Å². The highest BCUT2D eigenvalue weighted by molar-refractivity contribution is 7.89. The second-order valence-electron chi connectivity index (χ2n) is 4.55. The van der Waals surface area contributed by atoms with Crippen LogP contribution >= 0.6 is 0 Å². The fourth-order valence-corrected chi connectivity index (χ4v) is 3.74. The standard InChI is InChI=1S/C10H16F3NO5S/c1-19-7-5-8(9(15)16)14(6-7)20(17,18)4-2-3-10(11,12)13/h7-8H,2-6H2,1H3,(H,15,16). The number of sulfonamides is 1. The number of aliphatic carboxylic acids is 1. The van der Waals surface area contributed by atoms with Gasteiger partial charge in [0.15, 0.2) is 0 Å². The maximum atomic E-state index is 12.0. The largest absolute Gasteiger partial charge is 0.480 e. The lowest BCUT2D eigenvalue weighted by molar-refractivity contribution is -0.141. The van der Waals surface area contributed by atoms with Gasteiger partial charge in [-0.3, -0.25) is 4.79 Å². The molecule has 1 aliphatic rings. The van der Waals surface area contributed by atoms with Gasteiger partial charge in [0.1, 0.15) is 6.04 Å². The summed E-state index contributed by atoms with van der Waals surface area (Å²) in [6, 6.07) is -1.28. The predicted octanol–water partition coefficient (Wildman–Crippen LogP) is 0.833. The van der Waals surface area contributed by atoms with Crippen LogP contribution in [0.1, 0.15) is 19.3 Å². The number of hydrogen-bond acceptors (Lipinski definition) is 4. The van der Waals surface area contributed by atoms with Crippen LogP contribution in [0.25, 0.3) is 0 Å². The second-order valence-corrected chi connectivity index (χ2v) is 6.59. The zero-order valence-corrected chi connectivity index (χ0v) is 11.6. The molecule has 10 heteroatoms. The SMILES string of the molecule is COC1CC(C(=O)O)N(S(=O)(=O)CCCC(F)(F)F)C1. The number of carboxylic acids is 1. The van der Waals surface area contributed by atoms with Crippen LogP contribution in [0.3, 0.4) is 0 Å². The van der Waals surface area contributed by atoms with Crippen LogP contribution < -0.4 is 0 Å². The molecule has 0 aromatic heterocycles. The van der Waals surface area contributed by atoms with Crippen molar-refractivity contribution in [1.82, 2.24) is 4.31 Å². The van der Waals surface area contributed by atoms with Crippen molar-refractivity contribution < 1.29 is 36.2 Å². The summed E-state index contributed by atoms with van der Waals surface area (Å²) in [5.74, 6) is -2.06. The van der Waals surface area contributed by atoms with Crippen LogP contribution in [-0.2, 0) is 19.6 Å². The number of nitrogens with zero attached hydrogens (tertiary/aromatic N) is 1. The van der Waals surface area contributed by atoms with Gasteiger partial charge in [-0.05, 0) is 6.42 Å². The van der Waals surface area contributed by atoms with E-state index in [1.165, 1.54) is 7.11 Å². The quantitative estimate of drug-likeness (QED) is 0.784. The number of carboxylic acid groups (broad SMARTS) is 1.